The minimum Gasteiger partial charge on any atom is -0.495 e. The van der Waals surface area contributed by atoms with E-state index in [-0.39, 0.29) is 28.1 Å². The Morgan fingerprint density at radius 3 is 2.10 bits per heavy atom. The number of nitrogens with one attached hydrogen (secondary N) is 1. The highest BCUT2D eigenvalue weighted by molar-refractivity contribution is 7.92. The van der Waals surface area contributed by atoms with Gasteiger partial charge in [-0.3, -0.25) is 13.9 Å². The molecule has 3 aromatic rings. The van der Waals surface area contributed by atoms with E-state index in [0.29, 0.717) is 5.75 Å². The van der Waals surface area contributed by atoms with Gasteiger partial charge in [-0.2, -0.15) is 0 Å². The SMILES string of the molecule is COc1ccc(N(CC(=O)N(Cc2ccccc2)[C@H](C)C(=O)NC(C)(C)C)S(=O)(=O)c2ccccc2)cc1Cl. The Balaban J connectivity index is 2.05. The Morgan fingerprint density at radius 2 is 1.56 bits per heavy atom. The van der Waals surface area contributed by atoms with E-state index in [1.54, 1.807) is 25.1 Å². The zero-order chi connectivity index (χ0) is 28.8. The van der Waals surface area contributed by atoms with E-state index in [0.717, 1.165) is 9.87 Å². The average molecular weight is 572 g/mol. The molecule has 0 aromatic heterocycles. The zero-order valence-corrected chi connectivity index (χ0v) is 24.3. The smallest absolute Gasteiger partial charge is 0.264 e. The third-order valence-electron chi connectivity index (χ3n) is 5.89. The van der Waals surface area contributed by atoms with Crippen LogP contribution in [0.3, 0.4) is 0 Å². The molecular weight excluding hydrogens is 538 g/mol. The first-order valence-electron chi connectivity index (χ1n) is 12.4. The highest BCUT2D eigenvalue weighted by Gasteiger charge is 2.33. The molecule has 0 spiro atoms. The standard InChI is InChI=1S/C29H34ClN3O5S/c1-21(28(35)31-29(2,3)4)32(19-22-12-8-6-9-13-22)27(34)20-33(23-16-17-26(38-5)25(30)18-23)39(36,37)24-14-10-7-11-15-24/h6-18,21H,19-20H2,1-5H3,(H,31,35)/t21-/m1/s1. The normalized spacial score (nSPS) is 12.4. The molecule has 0 fully saturated rings. The number of anilines is 1. The Kier molecular flexibility index (Phi) is 9.63. The quantitative estimate of drug-likeness (QED) is 0.374. The second-order valence-corrected chi connectivity index (χ2v) is 12.3. The van der Waals surface area contributed by atoms with E-state index < -0.39 is 34.1 Å². The van der Waals surface area contributed by atoms with Crippen LogP contribution in [-0.2, 0) is 26.2 Å². The molecule has 0 bridgehead atoms. The van der Waals surface area contributed by atoms with Crippen molar-refractivity contribution in [1.82, 2.24) is 10.2 Å². The van der Waals surface area contributed by atoms with Gasteiger partial charge in [-0.05, 0) is 63.6 Å². The van der Waals surface area contributed by atoms with Crippen LogP contribution in [0.4, 0.5) is 5.69 Å². The van der Waals surface area contributed by atoms with E-state index in [1.165, 1.54) is 42.3 Å². The van der Waals surface area contributed by atoms with Gasteiger partial charge < -0.3 is 15.0 Å². The lowest BCUT2D eigenvalue weighted by Gasteiger charge is -2.33. The highest BCUT2D eigenvalue weighted by Crippen LogP contribution is 2.32. The van der Waals surface area contributed by atoms with Crippen molar-refractivity contribution in [3.05, 3.63) is 89.4 Å². The van der Waals surface area contributed by atoms with Gasteiger partial charge in [-0.15, -0.1) is 0 Å². The molecule has 208 valence electrons. The van der Waals surface area contributed by atoms with Crippen LogP contribution >= 0.6 is 11.6 Å². The predicted octanol–water partition coefficient (Wildman–Crippen LogP) is 4.88. The summed E-state index contributed by atoms with van der Waals surface area (Å²) in [6.45, 7) is 6.73. The Bertz CT molecular complexity index is 1390. The van der Waals surface area contributed by atoms with E-state index in [1.807, 2.05) is 51.1 Å². The number of benzene rings is 3. The van der Waals surface area contributed by atoms with E-state index in [4.69, 9.17) is 16.3 Å². The number of carbonyl (C=O) groups is 2. The number of amides is 2. The third-order valence-corrected chi connectivity index (χ3v) is 7.98. The Hall–Kier alpha value is -3.56. The lowest BCUT2D eigenvalue weighted by Crippen LogP contribution is -2.54. The summed E-state index contributed by atoms with van der Waals surface area (Å²) in [5.74, 6) is -0.541. The number of halogens is 1. The van der Waals surface area contributed by atoms with E-state index >= 15 is 0 Å². The van der Waals surface area contributed by atoms with Crippen LogP contribution in [0.5, 0.6) is 5.75 Å². The summed E-state index contributed by atoms with van der Waals surface area (Å²) in [5.41, 5.74) is 0.464. The lowest BCUT2D eigenvalue weighted by atomic mass is 10.1. The maximum Gasteiger partial charge on any atom is 0.264 e. The molecule has 8 nitrogen and oxygen atoms in total. The van der Waals surface area contributed by atoms with Crippen molar-refractivity contribution in [3.8, 4) is 5.75 Å². The van der Waals surface area contributed by atoms with Crippen LogP contribution in [0.2, 0.25) is 5.02 Å². The van der Waals surface area contributed by atoms with Crippen LogP contribution in [0.1, 0.15) is 33.3 Å². The molecule has 3 rings (SSSR count). The number of sulfonamides is 1. The van der Waals surface area contributed by atoms with Crippen LogP contribution in [0.15, 0.2) is 83.8 Å². The number of nitrogens with zero attached hydrogens (tertiary/aromatic N) is 2. The molecule has 0 heterocycles. The number of hydrogen-bond acceptors (Lipinski definition) is 5. The first kappa shape index (κ1) is 30.0. The highest BCUT2D eigenvalue weighted by atomic mass is 35.5. The largest absolute Gasteiger partial charge is 0.495 e. The predicted molar refractivity (Wildman–Crippen MR) is 153 cm³/mol. The molecule has 0 saturated heterocycles. The van der Waals surface area contributed by atoms with E-state index in [9.17, 15) is 18.0 Å². The summed E-state index contributed by atoms with van der Waals surface area (Å²) in [6.07, 6.45) is 0. The van der Waals surface area contributed by atoms with Gasteiger partial charge in [0.2, 0.25) is 11.8 Å². The molecule has 2 amide bonds. The van der Waals surface area contributed by atoms with Gasteiger partial charge in [0.1, 0.15) is 18.3 Å². The maximum atomic E-state index is 13.9. The average Bonchev–Trinajstić information content (AvgIpc) is 2.89. The molecule has 0 unspecified atom stereocenters. The van der Waals surface area contributed by atoms with Crippen LogP contribution in [-0.4, -0.2) is 50.4 Å². The molecule has 0 aliphatic carbocycles. The first-order valence-corrected chi connectivity index (χ1v) is 14.2. The maximum absolute atomic E-state index is 13.9. The van der Waals surface area contributed by atoms with Gasteiger partial charge >= 0.3 is 0 Å². The summed E-state index contributed by atoms with van der Waals surface area (Å²) in [4.78, 5) is 28.4. The van der Waals surface area contributed by atoms with Crippen LogP contribution in [0, 0.1) is 0 Å². The molecule has 3 aromatic carbocycles. The fourth-order valence-corrected chi connectivity index (χ4v) is 5.57. The van der Waals surface area contributed by atoms with Gasteiger partial charge in [-0.1, -0.05) is 60.1 Å². The van der Waals surface area contributed by atoms with Crippen molar-refractivity contribution in [2.24, 2.45) is 0 Å². The number of carbonyl (C=O) groups excluding carboxylic acids is 2. The van der Waals surface area contributed by atoms with Crippen molar-refractivity contribution in [2.45, 2.75) is 50.7 Å². The van der Waals surface area contributed by atoms with Gasteiger partial charge in [0, 0.05) is 12.1 Å². The minimum atomic E-state index is -4.18. The number of hydrogen-bond donors (Lipinski definition) is 1. The molecule has 1 atom stereocenters. The van der Waals surface area contributed by atoms with Gasteiger partial charge in [0.25, 0.3) is 10.0 Å². The summed E-state index contributed by atoms with van der Waals surface area (Å²) in [5, 5.41) is 3.09. The second kappa shape index (κ2) is 12.5. The second-order valence-electron chi connectivity index (χ2n) is 10.1. The number of ether oxygens (including phenoxy) is 1. The fourth-order valence-electron chi connectivity index (χ4n) is 3.90. The van der Waals surface area contributed by atoms with Gasteiger partial charge in [0.15, 0.2) is 0 Å². The molecule has 0 aliphatic rings. The zero-order valence-electron chi connectivity index (χ0n) is 22.7. The lowest BCUT2D eigenvalue weighted by molar-refractivity contribution is -0.140. The van der Waals surface area contributed by atoms with Crippen molar-refractivity contribution in [2.75, 3.05) is 18.0 Å². The molecule has 0 saturated carbocycles. The number of rotatable bonds is 10. The summed E-state index contributed by atoms with van der Waals surface area (Å²) in [6, 6.07) is 20.7. The van der Waals surface area contributed by atoms with E-state index in [2.05, 4.69) is 5.32 Å². The van der Waals surface area contributed by atoms with Crippen molar-refractivity contribution >= 4 is 39.1 Å². The van der Waals surface area contributed by atoms with Gasteiger partial charge in [-0.25, -0.2) is 8.42 Å². The third kappa shape index (κ3) is 7.74. The van der Waals surface area contributed by atoms with Crippen molar-refractivity contribution in [3.63, 3.8) is 0 Å². The number of methoxy groups -OCH3 is 1. The first-order chi connectivity index (χ1) is 18.3. The Morgan fingerprint density at radius 1 is 0.974 bits per heavy atom. The Labute approximate surface area is 235 Å². The molecule has 1 N–H and O–H groups in total. The summed E-state index contributed by atoms with van der Waals surface area (Å²) < 4.78 is 33.8. The molecule has 39 heavy (non-hydrogen) atoms. The van der Waals surface area contributed by atoms with Crippen molar-refractivity contribution in [1.29, 1.82) is 0 Å². The molecular formula is C29H34ClN3O5S. The van der Waals surface area contributed by atoms with Crippen molar-refractivity contribution < 1.29 is 22.7 Å². The van der Waals surface area contributed by atoms with Gasteiger partial charge in [0.05, 0.1) is 22.7 Å². The monoisotopic (exact) mass is 571 g/mol. The summed E-state index contributed by atoms with van der Waals surface area (Å²) >= 11 is 6.33. The molecule has 0 radical (unpaired) electrons. The fraction of sp³-hybridized carbons (Fsp3) is 0.310. The van der Waals surface area contributed by atoms with Crippen LogP contribution < -0.4 is 14.4 Å². The minimum absolute atomic E-state index is 0.0119. The van der Waals surface area contributed by atoms with Crippen LogP contribution in [0.25, 0.3) is 0 Å². The molecule has 0 aliphatic heterocycles. The molecule has 10 heteroatoms. The summed E-state index contributed by atoms with van der Waals surface area (Å²) in [7, 11) is -2.73. The topological polar surface area (TPSA) is 96.0 Å².